The Bertz CT molecular complexity index is 932. The molecule has 0 spiro atoms. The van der Waals surface area contributed by atoms with E-state index in [0.717, 1.165) is 47.3 Å². The largest absolute Gasteiger partial charge is 0.451 e. The molecule has 2 aromatic heterocycles. The van der Waals surface area contributed by atoms with Crippen LogP contribution in [-0.2, 0) is 4.74 Å². The number of aryl methyl sites for hydroxylation is 1. The highest BCUT2D eigenvalue weighted by Crippen LogP contribution is 2.29. The fourth-order valence-corrected chi connectivity index (χ4v) is 4.67. The maximum Gasteiger partial charge on any atom is 0.287 e. The molecular weight excluding hydrogens is 428 g/mol. The van der Waals surface area contributed by atoms with Gasteiger partial charge in [0, 0.05) is 39.9 Å². The number of hydrogen-bond acceptors (Lipinski definition) is 5. The van der Waals surface area contributed by atoms with Crippen LogP contribution < -0.4 is 5.32 Å². The Labute approximate surface area is 170 Å². The molecule has 0 radical (unpaired) electrons. The van der Waals surface area contributed by atoms with Crippen molar-refractivity contribution in [1.82, 2.24) is 10.2 Å². The van der Waals surface area contributed by atoms with Gasteiger partial charge in [-0.1, -0.05) is 22.0 Å². The van der Waals surface area contributed by atoms with E-state index in [9.17, 15) is 4.79 Å². The summed E-state index contributed by atoms with van der Waals surface area (Å²) < 4.78 is 12.2. The van der Waals surface area contributed by atoms with Crippen LogP contribution >= 0.6 is 27.3 Å². The van der Waals surface area contributed by atoms with E-state index in [2.05, 4.69) is 43.7 Å². The molecule has 1 aliphatic rings. The molecule has 0 aliphatic carbocycles. The third-order valence-electron chi connectivity index (χ3n) is 4.92. The fraction of sp³-hybridized carbons (Fsp3) is 0.350. The Morgan fingerprint density at radius 1 is 1.33 bits per heavy atom. The van der Waals surface area contributed by atoms with Gasteiger partial charge in [0.1, 0.15) is 5.58 Å². The lowest BCUT2D eigenvalue weighted by atomic mass is 10.1. The molecule has 1 aromatic carbocycles. The quantitative estimate of drug-likeness (QED) is 0.629. The molecule has 1 amide bonds. The molecule has 0 unspecified atom stereocenters. The van der Waals surface area contributed by atoms with Gasteiger partial charge in [-0.25, -0.2) is 0 Å². The molecule has 27 heavy (non-hydrogen) atoms. The first-order chi connectivity index (χ1) is 13.1. The number of fused-ring (bicyclic) bond motifs is 1. The predicted molar refractivity (Wildman–Crippen MR) is 110 cm³/mol. The highest BCUT2D eigenvalue weighted by molar-refractivity contribution is 9.10. The van der Waals surface area contributed by atoms with E-state index in [1.165, 1.54) is 4.88 Å². The molecule has 1 saturated heterocycles. The molecule has 1 fully saturated rings. The van der Waals surface area contributed by atoms with Gasteiger partial charge in [-0.2, -0.15) is 0 Å². The molecule has 142 valence electrons. The number of hydrogen-bond donors (Lipinski definition) is 1. The zero-order chi connectivity index (χ0) is 18.8. The van der Waals surface area contributed by atoms with Gasteiger partial charge < -0.3 is 14.5 Å². The first-order valence-electron chi connectivity index (χ1n) is 8.95. The van der Waals surface area contributed by atoms with Crippen LogP contribution in [0.4, 0.5) is 0 Å². The van der Waals surface area contributed by atoms with Crippen LogP contribution in [0.25, 0.3) is 11.0 Å². The van der Waals surface area contributed by atoms with Gasteiger partial charge in [-0.15, -0.1) is 11.3 Å². The molecule has 3 aromatic rings. The molecule has 1 atom stereocenters. The van der Waals surface area contributed by atoms with E-state index in [4.69, 9.17) is 9.15 Å². The van der Waals surface area contributed by atoms with Gasteiger partial charge in [-0.3, -0.25) is 9.69 Å². The number of nitrogens with one attached hydrogen (secondary N) is 1. The fourth-order valence-electron chi connectivity index (χ4n) is 3.47. The molecule has 7 heteroatoms. The predicted octanol–water partition coefficient (Wildman–Crippen LogP) is 4.37. The highest BCUT2D eigenvalue weighted by Gasteiger charge is 2.25. The van der Waals surface area contributed by atoms with Gasteiger partial charge in [0.05, 0.1) is 19.3 Å². The zero-order valence-electron chi connectivity index (χ0n) is 15.0. The molecule has 0 bridgehead atoms. The maximum atomic E-state index is 12.8. The number of amides is 1. The van der Waals surface area contributed by atoms with Crippen molar-refractivity contribution >= 4 is 44.1 Å². The standard InChI is InChI=1S/C20H21BrN2O3S/c1-13-15-5-4-14(21)11-17(15)26-19(13)20(24)22-12-16(18-3-2-10-27-18)23-6-8-25-9-7-23/h2-5,10-11,16H,6-9,12H2,1H3,(H,22,24)/t16-/m1/s1. The average Bonchev–Trinajstić information content (AvgIpc) is 3.31. The summed E-state index contributed by atoms with van der Waals surface area (Å²) in [5.41, 5.74) is 1.59. The molecule has 5 nitrogen and oxygen atoms in total. The number of carbonyl (C=O) groups excluding carboxylic acids is 1. The molecular formula is C20H21BrN2O3S. The lowest BCUT2D eigenvalue weighted by Gasteiger charge is -2.34. The average molecular weight is 449 g/mol. The summed E-state index contributed by atoms with van der Waals surface area (Å²) in [6, 6.07) is 10.1. The number of carbonyl (C=O) groups is 1. The molecule has 1 aliphatic heterocycles. The lowest BCUT2D eigenvalue weighted by Crippen LogP contribution is -2.43. The van der Waals surface area contributed by atoms with E-state index in [1.54, 1.807) is 11.3 Å². The van der Waals surface area contributed by atoms with Gasteiger partial charge in [0.2, 0.25) is 0 Å². The maximum absolute atomic E-state index is 12.8. The Kier molecular flexibility index (Phi) is 5.63. The van der Waals surface area contributed by atoms with E-state index >= 15 is 0 Å². The number of nitrogens with zero attached hydrogens (tertiary/aromatic N) is 1. The highest BCUT2D eigenvalue weighted by atomic mass is 79.9. The Morgan fingerprint density at radius 2 is 2.15 bits per heavy atom. The number of benzene rings is 1. The van der Waals surface area contributed by atoms with Crippen LogP contribution in [-0.4, -0.2) is 43.7 Å². The minimum Gasteiger partial charge on any atom is -0.451 e. The minimum atomic E-state index is -0.172. The number of furan rings is 1. The van der Waals surface area contributed by atoms with E-state index in [1.807, 2.05) is 25.1 Å². The molecule has 4 rings (SSSR count). The van der Waals surface area contributed by atoms with Crippen LogP contribution in [0.5, 0.6) is 0 Å². The summed E-state index contributed by atoms with van der Waals surface area (Å²) in [6.45, 7) is 5.67. The Hall–Kier alpha value is -1.67. The Balaban J connectivity index is 1.52. The number of ether oxygens (including phenoxy) is 1. The van der Waals surface area contributed by atoms with Crippen molar-refractivity contribution in [2.24, 2.45) is 0 Å². The smallest absolute Gasteiger partial charge is 0.287 e. The van der Waals surface area contributed by atoms with Gasteiger partial charge in [0.25, 0.3) is 5.91 Å². The number of thiophene rings is 1. The third-order valence-corrected chi connectivity index (χ3v) is 6.39. The van der Waals surface area contributed by atoms with Crippen molar-refractivity contribution < 1.29 is 13.9 Å². The minimum absolute atomic E-state index is 0.150. The first-order valence-corrected chi connectivity index (χ1v) is 10.6. The SMILES string of the molecule is Cc1c(C(=O)NC[C@H](c2cccs2)N2CCOCC2)oc2cc(Br)ccc12. The summed E-state index contributed by atoms with van der Waals surface area (Å²) >= 11 is 5.16. The van der Waals surface area contributed by atoms with Gasteiger partial charge in [0.15, 0.2) is 5.76 Å². The van der Waals surface area contributed by atoms with Crippen molar-refractivity contribution in [2.75, 3.05) is 32.8 Å². The van der Waals surface area contributed by atoms with Crippen LogP contribution in [0.1, 0.15) is 27.0 Å². The van der Waals surface area contributed by atoms with E-state index in [0.29, 0.717) is 12.3 Å². The third kappa shape index (κ3) is 3.96. The van der Waals surface area contributed by atoms with Crippen molar-refractivity contribution in [3.63, 3.8) is 0 Å². The van der Waals surface area contributed by atoms with Crippen LogP contribution in [0.15, 0.2) is 44.6 Å². The monoisotopic (exact) mass is 448 g/mol. The second-order valence-electron chi connectivity index (χ2n) is 6.59. The number of morpholine rings is 1. The van der Waals surface area contributed by atoms with Crippen LogP contribution in [0, 0.1) is 6.92 Å². The first kappa shape index (κ1) is 18.7. The van der Waals surface area contributed by atoms with E-state index in [-0.39, 0.29) is 11.9 Å². The second-order valence-corrected chi connectivity index (χ2v) is 8.48. The summed E-state index contributed by atoms with van der Waals surface area (Å²) in [4.78, 5) is 16.4. The van der Waals surface area contributed by atoms with Crippen molar-refractivity contribution in [3.8, 4) is 0 Å². The normalized spacial score (nSPS) is 16.5. The summed E-state index contributed by atoms with van der Waals surface area (Å²) in [5, 5.41) is 6.12. The van der Waals surface area contributed by atoms with Gasteiger partial charge in [-0.05, 0) is 36.6 Å². The summed E-state index contributed by atoms with van der Waals surface area (Å²) in [6.07, 6.45) is 0. The number of halogens is 1. The molecule has 1 N–H and O–H groups in total. The summed E-state index contributed by atoms with van der Waals surface area (Å²) in [7, 11) is 0. The summed E-state index contributed by atoms with van der Waals surface area (Å²) in [5.74, 6) is 0.213. The van der Waals surface area contributed by atoms with E-state index < -0.39 is 0 Å². The molecule has 0 saturated carbocycles. The van der Waals surface area contributed by atoms with Gasteiger partial charge >= 0.3 is 0 Å². The van der Waals surface area contributed by atoms with Crippen LogP contribution in [0.2, 0.25) is 0 Å². The Morgan fingerprint density at radius 3 is 2.89 bits per heavy atom. The lowest BCUT2D eigenvalue weighted by molar-refractivity contribution is 0.0168. The topological polar surface area (TPSA) is 54.7 Å². The molecule has 3 heterocycles. The second kappa shape index (κ2) is 8.14. The van der Waals surface area contributed by atoms with Crippen LogP contribution in [0.3, 0.4) is 0 Å². The van der Waals surface area contributed by atoms with Crippen molar-refractivity contribution in [1.29, 1.82) is 0 Å². The number of rotatable bonds is 5. The zero-order valence-corrected chi connectivity index (χ0v) is 17.4. The van der Waals surface area contributed by atoms with Crippen molar-refractivity contribution in [3.05, 3.63) is 56.4 Å². The van der Waals surface area contributed by atoms with Crippen molar-refractivity contribution in [2.45, 2.75) is 13.0 Å².